The molecule has 2 aliphatic heterocycles. The summed E-state index contributed by atoms with van der Waals surface area (Å²) in [5, 5.41) is 25.1. The molecule has 3 atom stereocenters. The molecule has 1 aliphatic carbocycles. The molecule has 2 saturated heterocycles. The van der Waals surface area contributed by atoms with Gasteiger partial charge in [0.2, 0.25) is 0 Å². The predicted molar refractivity (Wildman–Crippen MR) is 220 cm³/mol. The molecule has 292 valence electrons. The number of nitrogens with zero attached hydrogens (tertiary/aromatic N) is 5. The van der Waals surface area contributed by atoms with E-state index >= 15 is 4.39 Å². The monoisotopic (exact) mass is 797 g/mol. The lowest BCUT2D eigenvalue weighted by molar-refractivity contribution is 0.0126. The minimum atomic E-state index is -3.01. The number of anilines is 1. The van der Waals surface area contributed by atoms with Gasteiger partial charge in [-0.2, -0.15) is 15.1 Å². The molecule has 1 saturated carbocycles. The van der Waals surface area contributed by atoms with E-state index in [1.54, 1.807) is 18.5 Å². The third-order valence-electron chi connectivity index (χ3n) is 12.9. The highest BCUT2D eigenvalue weighted by Gasteiger charge is 2.71. The number of aromatic amines is 1. The summed E-state index contributed by atoms with van der Waals surface area (Å²) in [6.07, 6.45) is 5.20. The molecule has 14 heteroatoms. The summed E-state index contributed by atoms with van der Waals surface area (Å²) in [6.45, 7) is 13.8. The van der Waals surface area contributed by atoms with Gasteiger partial charge in [0.25, 0.3) is 5.92 Å². The molecule has 3 fully saturated rings. The minimum absolute atomic E-state index is 0.00917. The number of rotatable bonds is 9. The number of aliphatic hydroxyl groups excluding tert-OH is 1. The molecule has 3 aliphatic rings. The van der Waals surface area contributed by atoms with Crippen LogP contribution < -0.4 is 15.0 Å². The summed E-state index contributed by atoms with van der Waals surface area (Å²) in [5.74, 6) is 0.737. The summed E-state index contributed by atoms with van der Waals surface area (Å²) in [4.78, 5) is 17.6. The average Bonchev–Trinajstić information content (AvgIpc) is 3.60. The quantitative estimate of drug-likeness (QED) is 0.0983. The van der Waals surface area contributed by atoms with Gasteiger partial charge in [0.15, 0.2) is 0 Å². The van der Waals surface area contributed by atoms with Gasteiger partial charge in [0.05, 0.1) is 45.1 Å². The van der Waals surface area contributed by atoms with Gasteiger partial charge in [0, 0.05) is 59.5 Å². The summed E-state index contributed by atoms with van der Waals surface area (Å²) in [5.41, 5.74) is 5.73. The number of halogens is 3. The molecule has 0 spiro atoms. The van der Waals surface area contributed by atoms with Crippen molar-refractivity contribution in [3.05, 3.63) is 48.0 Å². The van der Waals surface area contributed by atoms with Crippen LogP contribution in [0.25, 0.3) is 53.2 Å². The van der Waals surface area contributed by atoms with E-state index in [2.05, 4.69) is 73.4 Å². The molecule has 2 bridgehead atoms. The van der Waals surface area contributed by atoms with E-state index in [1.807, 2.05) is 12.1 Å². The topological polar surface area (TPSA) is 112 Å². The van der Waals surface area contributed by atoms with Crippen LogP contribution in [0, 0.1) is 22.7 Å². The fraction of sp³-hybridized carbons (Fsp3) is 0.476. The normalized spacial score (nSPS) is 22.0. The van der Waals surface area contributed by atoms with Crippen molar-refractivity contribution in [1.29, 1.82) is 0 Å². The van der Waals surface area contributed by atoms with Gasteiger partial charge in [-0.25, -0.2) is 13.2 Å². The average molecular weight is 798 g/mol. The van der Waals surface area contributed by atoms with Crippen LogP contribution in [0.4, 0.5) is 19.0 Å². The lowest BCUT2D eigenvalue weighted by Gasteiger charge is -2.38. The Balaban J connectivity index is 1.28. The van der Waals surface area contributed by atoms with E-state index in [1.165, 1.54) is 17.4 Å². The number of aliphatic hydroxyl groups is 1. The van der Waals surface area contributed by atoms with Crippen molar-refractivity contribution in [1.82, 2.24) is 30.5 Å². The number of thiophene rings is 1. The Hall–Kier alpha value is -4.29. The summed E-state index contributed by atoms with van der Waals surface area (Å²) in [6, 6.07) is 7.83. The zero-order valence-electron chi connectivity index (χ0n) is 32.4. The zero-order valence-corrected chi connectivity index (χ0v) is 34.3. The number of benzene rings is 2. The van der Waals surface area contributed by atoms with Crippen molar-refractivity contribution in [3.63, 3.8) is 0 Å². The van der Waals surface area contributed by atoms with Gasteiger partial charge in [-0.3, -0.25) is 10.1 Å². The number of fused-ring (bicyclic) bond motifs is 7. The van der Waals surface area contributed by atoms with Gasteiger partial charge in [-0.1, -0.05) is 53.5 Å². The molecule has 4 aromatic heterocycles. The number of H-pyrrole nitrogens is 1. The summed E-state index contributed by atoms with van der Waals surface area (Å²) in [7, 11) is -2.23. The highest BCUT2D eigenvalue weighted by atomic mass is 32.1. The number of ether oxygens (including phenoxy) is 1. The van der Waals surface area contributed by atoms with Gasteiger partial charge in [0.1, 0.15) is 31.1 Å². The summed E-state index contributed by atoms with van der Waals surface area (Å²) < 4.78 is 51.8. The number of hydrogen-bond donors (Lipinski definition) is 3. The second-order valence-electron chi connectivity index (χ2n) is 17.0. The smallest absolute Gasteiger partial charge is 0.319 e. The van der Waals surface area contributed by atoms with Crippen LogP contribution in [0.5, 0.6) is 6.01 Å². The largest absolute Gasteiger partial charge is 0.462 e. The van der Waals surface area contributed by atoms with Crippen molar-refractivity contribution < 1.29 is 23.0 Å². The first kappa shape index (κ1) is 37.3. The fourth-order valence-electron chi connectivity index (χ4n) is 9.81. The number of pyridine rings is 1. The number of alkyl halides is 2. The van der Waals surface area contributed by atoms with Crippen molar-refractivity contribution in [3.8, 4) is 28.7 Å². The van der Waals surface area contributed by atoms with Crippen molar-refractivity contribution in [2.75, 3.05) is 31.2 Å². The molecule has 9 nitrogen and oxygen atoms in total. The molecule has 3 N–H and O–H groups in total. The molecule has 0 unspecified atom stereocenters. The van der Waals surface area contributed by atoms with Crippen molar-refractivity contribution in [2.45, 2.75) is 95.4 Å². The van der Waals surface area contributed by atoms with E-state index in [0.29, 0.717) is 56.0 Å². The first-order valence-corrected chi connectivity index (χ1v) is 22.7. The lowest BCUT2D eigenvalue weighted by atomic mass is 9.93. The SMILES string of the molecule is CC(C)[Si](C#Cc1c(F)ccc2cc3[nH]ncc3c(-c3nccc4c3sc3nc(OC[C@]5(CO)CC5(F)F)nc(N5C[C@H]6CC[C@@H](C5)N6)c34)c12)(C(C)C)C(C)C. The minimum Gasteiger partial charge on any atom is -0.462 e. The maximum atomic E-state index is 16.4. The van der Waals surface area contributed by atoms with E-state index in [4.69, 9.17) is 19.7 Å². The Morgan fingerprint density at radius 3 is 2.39 bits per heavy atom. The summed E-state index contributed by atoms with van der Waals surface area (Å²) >= 11 is 1.42. The van der Waals surface area contributed by atoms with Crippen molar-refractivity contribution in [2.24, 2.45) is 5.41 Å². The van der Waals surface area contributed by atoms with E-state index < -0.39 is 39.0 Å². The lowest BCUT2D eigenvalue weighted by Crippen LogP contribution is -2.51. The van der Waals surface area contributed by atoms with Crippen molar-refractivity contribution >= 4 is 67.2 Å². The van der Waals surface area contributed by atoms with Crippen LogP contribution in [-0.4, -0.2) is 82.6 Å². The number of piperazine rings is 1. The molecule has 0 radical (unpaired) electrons. The van der Waals surface area contributed by atoms with Gasteiger partial charge in [-0.15, -0.1) is 16.9 Å². The molecule has 9 rings (SSSR count). The predicted octanol–water partition coefficient (Wildman–Crippen LogP) is 8.98. The Bertz CT molecular complexity index is 2560. The maximum Gasteiger partial charge on any atom is 0.319 e. The zero-order chi connectivity index (χ0) is 39.3. The van der Waals surface area contributed by atoms with Gasteiger partial charge in [-0.05, 0) is 53.1 Å². The third kappa shape index (κ3) is 5.71. The second kappa shape index (κ2) is 13.4. The number of hydrogen-bond acceptors (Lipinski definition) is 9. The van der Waals surface area contributed by atoms with E-state index in [9.17, 15) is 13.9 Å². The van der Waals surface area contributed by atoms with Gasteiger partial charge < -0.3 is 20.1 Å². The molecule has 6 aromatic rings. The highest BCUT2D eigenvalue weighted by molar-refractivity contribution is 7.26. The fourth-order valence-corrected chi connectivity index (χ4v) is 16.2. The van der Waals surface area contributed by atoms with Crippen LogP contribution in [0.2, 0.25) is 16.6 Å². The molecule has 56 heavy (non-hydrogen) atoms. The molecular formula is C42H46F3N7O2SSi. The molecule has 0 amide bonds. The van der Waals surface area contributed by atoms with E-state index in [-0.39, 0.29) is 11.8 Å². The van der Waals surface area contributed by atoms with Crippen LogP contribution >= 0.6 is 11.3 Å². The number of aromatic nitrogens is 5. The molecule has 6 heterocycles. The first-order valence-electron chi connectivity index (χ1n) is 19.6. The maximum absolute atomic E-state index is 16.4. The Kier molecular flexibility index (Phi) is 8.92. The second-order valence-corrected chi connectivity index (χ2v) is 23.6. The van der Waals surface area contributed by atoms with Gasteiger partial charge >= 0.3 is 6.01 Å². The van der Waals surface area contributed by atoms with Crippen LogP contribution in [-0.2, 0) is 0 Å². The Morgan fingerprint density at radius 2 is 1.73 bits per heavy atom. The number of nitrogens with one attached hydrogen (secondary N) is 2. The standard InChI is InChI=1S/C42H46F3N7O2SSi/c1-22(2)56(23(3)4,24(5)6)14-12-28-31(43)10-7-25-15-32-30(16-47-51-32)34(33(25)28)36-37-29(11-13-46-36)35-38(52-17-26-8-9-27(18-52)48-26)49-40(50-39(35)55-37)54-21-41(20-53)19-42(41,44)45/h7,10-11,13,15-16,22-24,26-27,48,53H,8-9,17-21H2,1-6H3,(H,47,51)/t26-,27+,41-/m1/s1. The van der Waals surface area contributed by atoms with Crippen LogP contribution in [0.15, 0.2) is 36.7 Å². The third-order valence-corrected chi connectivity index (χ3v) is 20.3. The van der Waals surface area contributed by atoms with Crippen LogP contribution in [0.3, 0.4) is 0 Å². The van der Waals surface area contributed by atoms with E-state index in [0.717, 1.165) is 63.3 Å². The Labute approximate surface area is 328 Å². The molecule has 2 aromatic carbocycles. The highest BCUT2D eigenvalue weighted by Crippen LogP contribution is 2.60. The molecular weight excluding hydrogens is 752 g/mol. The Morgan fingerprint density at radius 1 is 1.02 bits per heavy atom. The van der Waals surface area contributed by atoms with Crippen LogP contribution in [0.1, 0.15) is 66.4 Å². The first-order chi connectivity index (χ1) is 26.8.